The molecular formula is C28H29N5O4. The van der Waals surface area contributed by atoms with E-state index in [1.165, 1.54) is 0 Å². The van der Waals surface area contributed by atoms with Crippen LogP contribution in [0.25, 0.3) is 10.9 Å². The number of aromatic nitrogens is 1. The molecule has 2 aromatic carbocycles. The van der Waals surface area contributed by atoms with Crippen LogP contribution in [0.4, 0.5) is 4.79 Å². The van der Waals surface area contributed by atoms with E-state index in [-0.39, 0.29) is 24.4 Å². The van der Waals surface area contributed by atoms with Gasteiger partial charge in [0.1, 0.15) is 17.5 Å². The highest BCUT2D eigenvalue weighted by Gasteiger charge is 2.28. The number of nitrogens with one attached hydrogen (secondary N) is 3. The van der Waals surface area contributed by atoms with E-state index in [0.29, 0.717) is 44.1 Å². The summed E-state index contributed by atoms with van der Waals surface area (Å²) in [7, 11) is 0. The number of fused-ring (bicyclic) bond motifs is 1. The first-order chi connectivity index (χ1) is 18.1. The van der Waals surface area contributed by atoms with Crippen LogP contribution in [-0.2, 0) is 17.8 Å². The molecule has 1 aliphatic rings. The highest BCUT2D eigenvalue weighted by Crippen LogP contribution is 2.17. The Balaban J connectivity index is 1.19. The number of H-pyrrole nitrogens is 1. The molecule has 190 valence electrons. The van der Waals surface area contributed by atoms with Gasteiger partial charge >= 0.3 is 6.03 Å². The number of para-hydroxylation sites is 1. The Morgan fingerprint density at radius 2 is 1.62 bits per heavy atom. The predicted octanol–water partition coefficient (Wildman–Crippen LogP) is 3.16. The fourth-order valence-corrected chi connectivity index (χ4v) is 4.48. The Morgan fingerprint density at radius 3 is 2.35 bits per heavy atom. The number of carbonyl (C=O) groups is 3. The molecule has 0 bridgehead atoms. The minimum absolute atomic E-state index is 0.0875. The SMILES string of the molecule is O=C(NCc1ccco1)[C@H](Cc1ccccc1)NC(=O)N1CCN(C(=O)c2cc3ccccc3[nH]2)CC1. The summed E-state index contributed by atoms with van der Waals surface area (Å²) in [5.74, 6) is 0.255. The molecule has 9 nitrogen and oxygen atoms in total. The zero-order chi connectivity index (χ0) is 25.6. The lowest BCUT2D eigenvalue weighted by atomic mass is 10.1. The molecule has 1 fully saturated rings. The summed E-state index contributed by atoms with van der Waals surface area (Å²) in [6.45, 7) is 1.82. The van der Waals surface area contributed by atoms with E-state index in [9.17, 15) is 14.4 Å². The molecule has 0 spiro atoms. The van der Waals surface area contributed by atoms with Crippen LogP contribution in [0.1, 0.15) is 21.8 Å². The average Bonchev–Trinajstić information content (AvgIpc) is 3.62. The van der Waals surface area contributed by atoms with Crippen LogP contribution in [0.2, 0.25) is 0 Å². The van der Waals surface area contributed by atoms with E-state index in [0.717, 1.165) is 16.5 Å². The number of aromatic amines is 1. The van der Waals surface area contributed by atoms with Gasteiger partial charge in [0.25, 0.3) is 5.91 Å². The normalized spacial score (nSPS) is 14.4. The van der Waals surface area contributed by atoms with Crippen LogP contribution in [0.5, 0.6) is 0 Å². The first-order valence-electron chi connectivity index (χ1n) is 12.3. The van der Waals surface area contributed by atoms with E-state index >= 15 is 0 Å². The lowest BCUT2D eigenvalue weighted by Crippen LogP contribution is -2.57. The van der Waals surface area contributed by atoms with Gasteiger partial charge in [0.2, 0.25) is 5.91 Å². The van der Waals surface area contributed by atoms with Crippen LogP contribution >= 0.6 is 0 Å². The number of amides is 4. The molecular weight excluding hydrogens is 470 g/mol. The average molecular weight is 500 g/mol. The largest absolute Gasteiger partial charge is 0.467 e. The Bertz CT molecular complexity index is 1320. The molecule has 1 aliphatic heterocycles. The van der Waals surface area contributed by atoms with Crippen LogP contribution in [0, 0.1) is 0 Å². The standard InChI is InChI=1S/C28H29N5O4/c34-26(29-19-22-10-6-16-37-22)24(17-20-7-2-1-3-8-20)31-28(36)33-14-12-32(13-15-33)27(35)25-18-21-9-4-5-11-23(21)30-25/h1-11,16,18,24,30H,12-15,17,19H2,(H,29,34)(H,31,36)/t24-/m0/s1. The minimum Gasteiger partial charge on any atom is -0.467 e. The van der Waals surface area contributed by atoms with Crippen molar-refractivity contribution in [2.24, 2.45) is 0 Å². The highest BCUT2D eigenvalue weighted by atomic mass is 16.3. The summed E-state index contributed by atoms with van der Waals surface area (Å²) in [4.78, 5) is 45.7. The number of rotatable bonds is 7. The lowest BCUT2D eigenvalue weighted by Gasteiger charge is -2.35. The topological polar surface area (TPSA) is 111 Å². The highest BCUT2D eigenvalue weighted by molar-refractivity contribution is 5.98. The summed E-state index contributed by atoms with van der Waals surface area (Å²) in [6.07, 6.45) is 1.91. The second kappa shape index (κ2) is 11.0. The summed E-state index contributed by atoms with van der Waals surface area (Å²) in [5.41, 5.74) is 2.39. The Kier molecular flexibility index (Phi) is 7.21. The quantitative estimate of drug-likeness (QED) is 0.363. The van der Waals surface area contributed by atoms with Gasteiger partial charge in [0.15, 0.2) is 0 Å². The van der Waals surface area contributed by atoms with Crippen molar-refractivity contribution in [2.45, 2.75) is 19.0 Å². The van der Waals surface area contributed by atoms with E-state index in [1.54, 1.807) is 28.2 Å². The first kappa shape index (κ1) is 24.2. The third kappa shape index (κ3) is 5.83. The molecule has 0 saturated carbocycles. The zero-order valence-corrected chi connectivity index (χ0v) is 20.4. The number of urea groups is 1. The van der Waals surface area contributed by atoms with Gasteiger partial charge in [-0.2, -0.15) is 0 Å². The number of piperazine rings is 1. The second-order valence-electron chi connectivity index (χ2n) is 9.04. The molecule has 0 radical (unpaired) electrons. The van der Waals surface area contributed by atoms with Gasteiger partial charge in [-0.3, -0.25) is 9.59 Å². The molecule has 5 rings (SSSR count). The van der Waals surface area contributed by atoms with Crippen molar-refractivity contribution in [3.63, 3.8) is 0 Å². The molecule has 0 unspecified atom stereocenters. The number of hydrogen-bond acceptors (Lipinski definition) is 4. The third-order valence-electron chi connectivity index (χ3n) is 6.53. The molecule has 1 atom stereocenters. The van der Waals surface area contributed by atoms with Gasteiger partial charge in [-0.1, -0.05) is 48.5 Å². The lowest BCUT2D eigenvalue weighted by molar-refractivity contribution is -0.123. The predicted molar refractivity (Wildman–Crippen MR) is 139 cm³/mol. The van der Waals surface area contributed by atoms with Crippen LogP contribution in [-0.4, -0.2) is 64.9 Å². The van der Waals surface area contributed by atoms with Crippen LogP contribution in [0.3, 0.4) is 0 Å². The maximum atomic E-state index is 13.1. The smallest absolute Gasteiger partial charge is 0.318 e. The molecule has 2 aromatic heterocycles. The van der Waals surface area contributed by atoms with E-state index in [4.69, 9.17) is 4.42 Å². The molecule has 37 heavy (non-hydrogen) atoms. The minimum atomic E-state index is -0.754. The Hall–Kier alpha value is -4.53. The fraction of sp³-hybridized carbons (Fsp3) is 0.250. The number of benzene rings is 2. The van der Waals surface area contributed by atoms with Gasteiger partial charge in [-0.05, 0) is 29.8 Å². The number of hydrogen-bond donors (Lipinski definition) is 3. The third-order valence-corrected chi connectivity index (χ3v) is 6.53. The fourth-order valence-electron chi connectivity index (χ4n) is 4.48. The van der Waals surface area contributed by atoms with E-state index < -0.39 is 6.04 Å². The zero-order valence-electron chi connectivity index (χ0n) is 20.4. The summed E-state index contributed by atoms with van der Waals surface area (Å²) >= 11 is 0. The molecule has 9 heteroatoms. The van der Waals surface area contributed by atoms with Crippen LogP contribution in [0.15, 0.2) is 83.5 Å². The van der Waals surface area contributed by atoms with Crippen molar-refractivity contribution in [3.05, 3.63) is 96.1 Å². The number of nitrogens with zero attached hydrogens (tertiary/aromatic N) is 2. The molecule has 3 heterocycles. The summed E-state index contributed by atoms with van der Waals surface area (Å²) < 4.78 is 5.29. The number of carbonyl (C=O) groups excluding carboxylic acids is 3. The molecule has 4 aromatic rings. The second-order valence-corrected chi connectivity index (χ2v) is 9.04. The van der Waals surface area contributed by atoms with Crippen molar-refractivity contribution >= 4 is 28.7 Å². The van der Waals surface area contributed by atoms with Crippen molar-refractivity contribution in [1.82, 2.24) is 25.4 Å². The molecule has 3 N–H and O–H groups in total. The monoisotopic (exact) mass is 499 g/mol. The molecule has 1 saturated heterocycles. The maximum absolute atomic E-state index is 13.1. The molecule has 0 aliphatic carbocycles. The van der Waals surface area contributed by atoms with Gasteiger partial charge < -0.3 is 29.8 Å². The van der Waals surface area contributed by atoms with Crippen LogP contribution < -0.4 is 10.6 Å². The first-order valence-corrected chi connectivity index (χ1v) is 12.3. The Morgan fingerprint density at radius 1 is 0.892 bits per heavy atom. The van der Waals surface area contributed by atoms with Crippen molar-refractivity contribution in [1.29, 1.82) is 0 Å². The van der Waals surface area contributed by atoms with Gasteiger partial charge in [0.05, 0.1) is 12.8 Å². The van der Waals surface area contributed by atoms with Crippen molar-refractivity contribution in [3.8, 4) is 0 Å². The summed E-state index contributed by atoms with van der Waals surface area (Å²) in [5, 5.41) is 6.72. The number of furan rings is 1. The van der Waals surface area contributed by atoms with Crippen molar-refractivity contribution < 1.29 is 18.8 Å². The van der Waals surface area contributed by atoms with Gasteiger partial charge in [-0.15, -0.1) is 0 Å². The van der Waals surface area contributed by atoms with Crippen molar-refractivity contribution in [2.75, 3.05) is 26.2 Å². The van der Waals surface area contributed by atoms with Gasteiger partial charge in [-0.25, -0.2) is 4.79 Å². The Labute approximate surface area is 214 Å². The molecule has 4 amide bonds. The maximum Gasteiger partial charge on any atom is 0.318 e. The van der Waals surface area contributed by atoms with Gasteiger partial charge in [0, 0.05) is 43.5 Å². The summed E-state index contributed by atoms with van der Waals surface area (Å²) in [6, 6.07) is 21.6. The van der Waals surface area contributed by atoms with E-state index in [2.05, 4.69) is 15.6 Å². The van der Waals surface area contributed by atoms with E-state index in [1.807, 2.05) is 60.7 Å².